The number of amides is 2. The summed E-state index contributed by atoms with van der Waals surface area (Å²) in [7, 11) is 0. The molecule has 6 heteroatoms. The zero-order chi connectivity index (χ0) is 24.2. The number of carbonyl (C=O) groups excluding carboxylic acids is 2. The lowest BCUT2D eigenvalue weighted by Gasteiger charge is -2.15. The highest BCUT2D eigenvalue weighted by atomic mass is 16.5. The van der Waals surface area contributed by atoms with Crippen LogP contribution in [0, 0.1) is 6.92 Å². The van der Waals surface area contributed by atoms with E-state index >= 15 is 0 Å². The van der Waals surface area contributed by atoms with Crippen LogP contribution in [0.4, 0.5) is 5.69 Å². The summed E-state index contributed by atoms with van der Waals surface area (Å²) >= 11 is 0. The number of rotatable bonds is 7. The maximum Gasteiger partial charge on any atom is 0.248 e. The first-order chi connectivity index (χ1) is 16.4. The number of ether oxygens (including phenoxy) is 1. The normalized spacial score (nSPS) is 11.4. The number of allylic oxidation sites excluding steroid dienone is 1. The predicted octanol–water partition coefficient (Wildman–Crippen LogP) is 5.95. The first kappa shape index (κ1) is 22.9. The minimum Gasteiger partial charge on any atom is -0.493 e. The maximum absolute atomic E-state index is 12.7. The van der Waals surface area contributed by atoms with E-state index in [0.29, 0.717) is 23.6 Å². The van der Waals surface area contributed by atoms with Crippen LogP contribution in [-0.2, 0) is 4.79 Å². The van der Waals surface area contributed by atoms with Crippen molar-refractivity contribution in [2.45, 2.75) is 20.8 Å². The SMILES string of the molecule is CCOc1c(/C(C)=C/C(=O)Nc2ccc(C(N)=O)cc2)cc2c(-c3ccccc3)coc2c1C. The van der Waals surface area contributed by atoms with E-state index in [1.165, 1.54) is 6.08 Å². The number of furan rings is 1. The van der Waals surface area contributed by atoms with E-state index in [4.69, 9.17) is 14.9 Å². The second-order valence-electron chi connectivity index (χ2n) is 7.96. The third-order valence-corrected chi connectivity index (χ3v) is 5.63. The Morgan fingerprint density at radius 1 is 1.09 bits per heavy atom. The molecule has 0 saturated heterocycles. The first-order valence-electron chi connectivity index (χ1n) is 11.0. The average molecular weight is 455 g/mol. The molecule has 3 aromatic carbocycles. The van der Waals surface area contributed by atoms with Gasteiger partial charge in [0.2, 0.25) is 11.8 Å². The largest absolute Gasteiger partial charge is 0.493 e. The molecule has 0 bridgehead atoms. The van der Waals surface area contributed by atoms with Gasteiger partial charge in [0, 0.05) is 39.4 Å². The molecule has 0 radical (unpaired) electrons. The van der Waals surface area contributed by atoms with E-state index < -0.39 is 5.91 Å². The first-order valence-corrected chi connectivity index (χ1v) is 11.0. The summed E-state index contributed by atoms with van der Waals surface area (Å²) in [4.78, 5) is 24.0. The summed E-state index contributed by atoms with van der Waals surface area (Å²) in [5, 5.41) is 3.77. The summed E-state index contributed by atoms with van der Waals surface area (Å²) in [5.41, 5.74) is 11.5. The van der Waals surface area contributed by atoms with Crippen molar-refractivity contribution < 1.29 is 18.7 Å². The van der Waals surface area contributed by atoms with Crippen molar-refractivity contribution in [3.8, 4) is 16.9 Å². The smallest absolute Gasteiger partial charge is 0.248 e. The molecule has 0 aliphatic heterocycles. The molecule has 0 atom stereocenters. The fourth-order valence-corrected chi connectivity index (χ4v) is 3.95. The summed E-state index contributed by atoms with van der Waals surface area (Å²) in [6, 6.07) is 18.5. The van der Waals surface area contributed by atoms with E-state index in [1.807, 2.05) is 57.2 Å². The van der Waals surface area contributed by atoms with Crippen LogP contribution in [0.2, 0.25) is 0 Å². The van der Waals surface area contributed by atoms with Gasteiger partial charge in [0.1, 0.15) is 11.3 Å². The number of nitrogens with one attached hydrogen (secondary N) is 1. The zero-order valence-electron chi connectivity index (χ0n) is 19.3. The van der Waals surface area contributed by atoms with Gasteiger partial charge in [-0.05, 0) is 62.2 Å². The third kappa shape index (κ3) is 4.57. The Hall–Kier alpha value is -4.32. The molecular formula is C28H26N2O4. The van der Waals surface area contributed by atoms with Crippen LogP contribution in [0.5, 0.6) is 5.75 Å². The Morgan fingerprint density at radius 3 is 2.44 bits per heavy atom. The average Bonchev–Trinajstić information content (AvgIpc) is 3.26. The summed E-state index contributed by atoms with van der Waals surface area (Å²) < 4.78 is 11.9. The molecule has 0 fully saturated rings. The van der Waals surface area contributed by atoms with E-state index in [9.17, 15) is 9.59 Å². The highest BCUT2D eigenvalue weighted by Crippen LogP contribution is 2.40. The lowest BCUT2D eigenvalue weighted by atomic mass is 9.96. The van der Waals surface area contributed by atoms with Gasteiger partial charge in [-0.15, -0.1) is 0 Å². The van der Waals surface area contributed by atoms with Crippen LogP contribution in [0.3, 0.4) is 0 Å². The van der Waals surface area contributed by atoms with Gasteiger partial charge >= 0.3 is 0 Å². The molecule has 172 valence electrons. The second-order valence-corrected chi connectivity index (χ2v) is 7.96. The second kappa shape index (κ2) is 9.67. The predicted molar refractivity (Wildman–Crippen MR) is 135 cm³/mol. The molecule has 0 aliphatic carbocycles. The number of aryl methyl sites for hydroxylation is 1. The maximum atomic E-state index is 12.7. The Bertz CT molecular complexity index is 1380. The topological polar surface area (TPSA) is 94.6 Å². The molecule has 3 N–H and O–H groups in total. The van der Waals surface area contributed by atoms with Crippen molar-refractivity contribution in [3.05, 3.63) is 89.7 Å². The van der Waals surface area contributed by atoms with Gasteiger partial charge in [0.15, 0.2) is 0 Å². The number of hydrogen-bond acceptors (Lipinski definition) is 4. The van der Waals surface area contributed by atoms with E-state index in [2.05, 4.69) is 5.32 Å². The summed E-state index contributed by atoms with van der Waals surface area (Å²) in [5.74, 6) is -0.117. The molecule has 34 heavy (non-hydrogen) atoms. The van der Waals surface area contributed by atoms with Gasteiger partial charge in [-0.2, -0.15) is 0 Å². The quantitative estimate of drug-likeness (QED) is 0.338. The highest BCUT2D eigenvalue weighted by molar-refractivity contribution is 6.06. The molecule has 0 aliphatic rings. The van der Waals surface area contributed by atoms with Crippen LogP contribution in [0.1, 0.15) is 35.3 Å². The van der Waals surface area contributed by atoms with Gasteiger partial charge in [0.05, 0.1) is 12.9 Å². The van der Waals surface area contributed by atoms with Crippen LogP contribution in [0.25, 0.3) is 27.7 Å². The van der Waals surface area contributed by atoms with Crippen LogP contribution < -0.4 is 15.8 Å². The van der Waals surface area contributed by atoms with Crippen LogP contribution in [-0.4, -0.2) is 18.4 Å². The Labute approximate surface area is 198 Å². The third-order valence-electron chi connectivity index (χ3n) is 5.63. The van der Waals surface area contributed by atoms with E-state index in [-0.39, 0.29) is 5.91 Å². The fraction of sp³-hybridized carbons (Fsp3) is 0.143. The van der Waals surface area contributed by atoms with E-state index in [0.717, 1.165) is 38.8 Å². The minimum absolute atomic E-state index is 0.292. The molecule has 0 unspecified atom stereocenters. The Balaban J connectivity index is 1.72. The van der Waals surface area contributed by atoms with Gasteiger partial charge in [-0.3, -0.25) is 9.59 Å². The van der Waals surface area contributed by atoms with Gasteiger partial charge in [0.25, 0.3) is 0 Å². The summed E-state index contributed by atoms with van der Waals surface area (Å²) in [6.45, 7) is 6.24. The Kier molecular flexibility index (Phi) is 6.50. The van der Waals surface area contributed by atoms with Crippen molar-refractivity contribution in [1.29, 1.82) is 0 Å². The number of primary amides is 1. The molecule has 4 aromatic rings. The van der Waals surface area contributed by atoms with Crippen molar-refractivity contribution >= 4 is 34.0 Å². The van der Waals surface area contributed by atoms with Crippen LogP contribution in [0.15, 0.2) is 77.4 Å². The summed E-state index contributed by atoms with van der Waals surface area (Å²) in [6.07, 6.45) is 3.29. The lowest BCUT2D eigenvalue weighted by Crippen LogP contribution is -2.12. The molecule has 6 nitrogen and oxygen atoms in total. The van der Waals surface area contributed by atoms with Gasteiger partial charge in [-0.25, -0.2) is 0 Å². The number of benzene rings is 3. The number of nitrogens with two attached hydrogens (primary N) is 1. The number of fused-ring (bicyclic) bond motifs is 1. The molecular weight excluding hydrogens is 428 g/mol. The zero-order valence-corrected chi connectivity index (χ0v) is 19.3. The number of hydrogen-bond donors (Lipinski definition) is 2. The van der Waals surface area contributed by atoms with Gasteiger partial charge < -0.3 is 20.2 Å². The monoisotopic (exact) mass is 454 g/mol. The molecule has 4 rings (SSSR count). The van der Waals surface area contributed by atoms with Gasteiger partial charge in [-0.1, -0.05) is 30.3 Å². The minimum atomic E-state index is -0.517. The van der Waals surface area contributed by atoms with Crippen molar-refractivity contribution in [3.63, 3.8) is 0 Å². The Morgan fingerprint density at radius 2 is 1.79 bits per heavy atom. The van der Waals surface area contributed by atoms with Crippen molar-refractivity contribution in [1.82, 2.24) is 0 Å². The standard InChI is InChI=1S/C28H26N2O4/c1-4-33-26-18(3)27-23(24(16-34-27)19-8-6-5-7-9-19)15-22(26)17(2)14-25(31)30-21-12-10-20(11-13-21)28(29)32/h5-16H,4H2,1-3H3,(H2,29,32)(H,30,31)/b17-14+. The molecule has 2 amide bonds. The molecule has 0 spiro atoms. The highest BCUT2D eigenvalue weighted by Gasteiger charge is 2.19. The molecule has 1 aromatic heterocycles. The number of carbonyl (C=O) groups is 2. The van der Waals surface area contributed by atoms with Crippen molar-refractivity contribution in [2.24, 2.45) is 5.73 Å². The fourth-order valence-electron chi connectivity index (χ4n) is 3.95. The van der Waals surface area contributed by atoms with Crippen LogP contribution >= 0.6 is 0 Å². The van der Waals surface area contributed by atoms with Crippen molar-refractivity contribution in [2.75, 3.05) is 11.9 Å². The number of anilines is 1. The van der Waals surface area contributed by atoms with E-state index in [1.54, 1.807) is 30.5 Å². The molecule has 1 heterocycles. The lowest BCUT2D eigenvalue weighted by molar-refractivity contribution is -0.111. The molecule has 0 saturated carbocycles.